The van der Waals surface area contributed by atoms with Crippen molar-refractivity contribution in [1.29, 1.82) is 0 Å². The van der Waals surface area contributed by atoms with Crippen LogP contribution in [0.5, 0.6) is 0 Å². The van der Waals surface area contributed by atoms with Gasteiger partial charge < -0.3 is 55.3 Å². The van der Waals surface area contributed by atoms with Gasteiger partial charge in [0.25, 0.3) is 5.91 Å². The number of hydrogen-bond donors (Lipinski definition) is 5. The first-order chi connectivity index (χ1) is 41.1. The van der Waals surface area contributed by atoms with Gasteiger partial charge in [-0.1, -0.05) is 36.4 Å². The molecule has 468 valence electrons. The van der Waals surface area contributed by atoms with Gasteiger partial charge in [-0.3, -0.25) is 43.5 Å². The highest BCUT2D eigenvalue weighted by molar-refractivity contribution is 6.05. The summed E-state index contributed by atoms with van der Waals surface area (Å²) in [4.78, 5) is 121. The largest absolute Gasteiger partial charge is 0.465 e. The Labute approximate surface area is 503 Å². The lowest BCUT2D eigenvalue weighted by molar-refractivity contribution is -0.145. The number of likely N-dealkylation sites (N-methyl/N-ethyl adjacent to an activating group) is 1. The van der Waals surface area contributed by atoms with E-state index in [9.17, 15) is 47.9 Å². The number of nitrogens with zero attached hydrogens (tertiary/aromatic N) is 6. The Kier molecular flexibility index (Phi) is 20.0. The number of anilines is 3. The summed E-state index contributed by atoms with van der Waals surface area (Å²) in [6.45, 7) is 14.9. The third kappa shape index (κ3) is 14.8. The summed E-state index contributed by atoms with van der Waals surface area (Å²) in [6.07, 6.45) is -2.52. The summed E-state index contributed by atoms with van der Waals surface area (Å²) in [5, 5.41) is 20.5. The van der Waals surface area contributed by atoms with Crippen LogP contribution in [0.1, 0.15) is 89.2 Å². The van der Waals surface area contributed by atoms with Crippen LogP contribution in [-0.4, -0.2) is 192 Å². The molecular formula is C62H77F3N10O12. The van der Waals surface area contributed by atoms with Gasteiger partial charge >= 0.3 is 12.2 Å². The maximum absolute atomic E-state index is 15.1. The van der Waals surface area contributed by atoms with Gasteiger partial charge in [0.15, 0.2) is 0 Å². The number of nitrogens with one attached hydrogen (secondary N) is 4. The predicted molar refractivity (Wildman–Crippen MR) is 315 cm³/mol. The molecule has 8 atom stereocenters. The van der Waals surface area contributed by atoms with Crippen molar-refractivity contribution in [2.24, 2.45) is 0 Å². The number of piperazine rings is 1. The molecule has 0 unspecified atom stereocenters. The first-order valence-corrected chi connectivity index (χ1v) is 28.9. The highest BCUT2D eigenvalue weighted by Gasteiger charge is 2.49. The number of carbonyl (C=O) groups excluding carboxylic acids is 7. The number of benzene rings is 4. The molecule has 8 amide bonds. The molecule has 5 N–H and O–H groups in total. The van der Waals surface area contributed by atoms with Crippen LogP contribution in [0.2, 0.25) is 0 Å². The number of fused-ring (bicyclic) bond motifs is 2. The molecule has 87 heavy (non-hydrogen) atoms. The second-order valence-corrected chi connectivity index (χ2v) is 24.0. The maximum Gasteiger partial charge on any atom is 0.410 e. The fourth-order valence-electron chi connectivity index (χ4n) is 11.4. The molecule has 0 spiro atoms. The Morgan fingerprint density at radius 2 is 1.55 bits per heavy atom. The third-order valence-corrected chi connectivity index (χ3v) is 16.6. The van der Waals surface area contributed by atoms with Gasteiger partial charge in [-0.25, -0.2) is 22.8 Å². The molecule has 2 saturated heterocycles. The topological polar surface area (TPSA) is 252 Å². The zero-order valence-electron chi connectivity index (χ0n) is 50.6. The lowest BCUT2D eigenvalue weighted by Crippen LogP contribution is -2.64. The lowest BCUT2D eigenvalue weighted by atomic mass is 9.83. The minimum Gasteiger partial charge on any atom is -0.465 e. The average molecular weight is 1210 g/mol. The highest BCUT2D eigenvalue weighted by atomic mass is 19.1. The first kappa shape index (κ1) is 64.9. The number of ether oxygens (including phenoxy) is 3. The van der Waals surface area contributed by atoms with E-state index in [1.54, 1.807) is 57.7 Å². The summed E-state index contributed by atoms with van der Waals surface area (Å²) < 4.78 is 60.7. The Morgan fingerprint density at radius 1 is 0.862 bits per heavy atom. The molecule has 0 aliphatic carbocycles. The van der Waals surface area contributed by atoms with Crippen molar-refractivity contribution in [3.05, 3.63) is 124 Å². The SMILES string of the molecule is CO[C@H](C)[C@H](NC(=O)[C@H](C)N(C)C(=O)OC(C)(C)C)C(=O)N1Cc2ccc(NC(=O)CNC(=O)[C@]3(C)CN(C(=O)CN4C[C@@H](C)N(C(=O)O)C[C@@H]4CN4CCOC[C@H]4C)c4cc(Cc5ccc(F)cc5)ccc43)cc2[C@H]1C(=O)Nc1c(F)cccc1F. The highest BCUT2D eigenvalue weighted by Crippen LogP contribution is 2.43. The summed E-state index contributed by atoms with van der Waals surface area (Å²) in [5.74, 6) is -6.92. The van der Waals surface area contributed by atoms with Crippen LogP contribution < -0.4 is 26.2 Å². The van der Waals surface area contributed by atoms with Gasteiger partial charge in [0, 0.05) is 82.9 Å². The summed E-state index contributed by atoms with van der Waals surface area (Å²) in [6, 6.07) is 13.9. The van der Waals surface area contributed by atoms with Crippen molar-refractivity contribution in [3.63, 3.8) is 0 Å². The van der Waals surface area contributed by atoms with Gasteiger partial charge in [-0.15, -0.1) is 0 Å². The van der Waals surface area contributed by atoms with E-state index in [1.807, 2.05) is 24.0 Å². The van der Waals surface area contributed by atoms with E-state index >= 15 is 8.78 Å². The average Bonchev–Trinajstić information content (AvgIpc) is 2.74. The number of methoxy groups -OCH3 is 1. The predicted octanol–water partition coefficient (Wildman–Crippen LogP) is 5.62. The van der Waals surface area contributed by atoms with Crippen LogP contribution in [-0.2, 0) is 61.4 Å². The monoisotopic (exact) mass is 1210 g/mol. The van der Waals surface area contributed by atoms with E-state index in [0.717, 1.165) is 39.1 Å². The van der Waals surface area contributed by atoms with Gasteiger partial charge in [0.1, 0.15) is 46.9 Å². The summed E-state index contributed by atoms with van der Waals surface area (Å²) >= 11 is 0. The van der Waals surface area contributed by atoms with Gasteiger partial charge in [-0.05, 0) is 132 Å². The molecule has 0 bridgehead atoms. The van der Waals surface area contributed by atoms with Crippen LogP contribution >= 0.6 is 0 Å². The molecule has 4 aromatic carbocycles. The number of hydrogen-bond acceptors (Lipinski definition) is 13. The van der Waals surface area contributed by atoms with Crippen LogP contribution in [0.3, 0.4) is 0 Å². The molecule has 22 nitrogen and oxygen atoms in total. The van der Waals surface area contributed by atoms with Crippen LogP contribution in [0, 0.1) is 17.5 Å². The van der Waals surface area contributed by atoms with Gasteiger partial charge in [-0.2, -0.15) is 0 Å². The number of amides is 8. The molecule has 4 aliphatic heterocycles. The van der Waals surface area contributed by atoms with Crippen LogP contribution in [0.15, 0.2) is 78.9 Å². The van der Waals surface area contributed by atoms with E-state index in [0.29, 0.717) is 49.5 Å². The molecule has 0 radical (unpaired) electrons. The first-order valence-electron chi connectivity index (χ1n) is 28.9. The number of carboxylic acid groups (broad SMARTS) is 1. The van der Waals surface area contributed by atoms with E-state index in [-0.39, 0.29) is 62.0 Å². The molecular weight excluding hydrogens is 1130 g/mol. The Bertz CT molecular complexity index is 3260. The van der Waals surface area contributed by atoms with E-state index in [1.165, 1.54) is 63.2 Å². The van der Waals surface area contributed by atoms with Crippen molar-refractivity contribution in [1.82, 2.24) is 35.1 Å². The van der Waals surface area contributed by atoms with Crippen LogP contribution in [0.25, 0.3) is 0 Å². The second kappa shape index (κ2) is 26.9. The molecule has 4 heterocycles. The summed E-state index contributed by atoms with van der Waals surface area (Å²) in [7, 11) is 2.65. The van der Waals surface area contributed by atoms with Crippen molar-refractivity contribution in [2.75, 3.05) is 88.7 Å². The number of para-hydroxylation sites is 1. The lowest BCUT2D eigenvalue weighted by Gasteiger charge is -2.47. The fourth-order valence-corrected chi connectivity index (χ4v) is 11.4. The third-order valence-electron chi connectivity index (χ3n) is 16.6. The normalized spacial score (nSPS) is 21.4. The molecule has 25 heteroatoms. The zero-order chi connectivity index (χ0) is 63.4. The number of morpholine rings is 1. The summed E-state index contributed by atoms with van der Waals surface area (Å²) in [5.41, 5.74) is 0.100. The van der Waals surface area contributed by atoms with E-state index < -0.39 is 113 Å². The quantitative estimate of drug-likeness (QED) is 0.0811. The van der Waals surface area contributed by atoms with E-state index in [2.05, 4.69) is 26.2 Å². The van der Waals surface area contributed by atoms with Crippen molar-refractivity contribution >= 4 is 64.7 Å². The smallest absolute Gasteiger partial charge is 0.410 e. The van der Waals surface area contributed by atoms with Gasteiger partial charge in [0.2, 0.25) is 29.5 Å². The Morgan fingerprint density at radius 3 is 2.21 bits per heavy atom. The number of carbonyl (C=O) groups is 8. The van der Waals surface area contributed by atoms with Gasteiger partial charge in [0.05, 0.1) is 37.8 Å². The molecule has 4 aromatic rings. The second-order valence-electron chi connectivity index (χ2n) is 24.0. The number of rotatable bonds is 18. The molecule has 4 aliphatic rings. The van der Waals surface area contributed by atoms with Crippen molar-refractivity contribution in [3.8, 4) is 0 Å². The Balaban J connectivity index is 1.02. The minimum absolute atomic E-state index is 0.0648. The van der Waals surface area contributed by atoms with E-state index in [4.69, 9.17) is 14.2 Å². The number of halogens is 3. The van der Waals surface area contributed by atoms with Crippen LogP contribution in [0.4, 0.5) is 39.8 Å². The molecule has 0 aromatic heterocycles. The minimum atomic E-state index is -1.62. The fraction of sp³-hybridized carbons (Fsp3) is 0.484. The Hall–Kier alpha value is -8.13. The van der Waals surface area contributed by atoms with Crippen molar-refractivity contribution < 1.29 is 70.8 Å². The zero-order valence-corrected chi connectivity index (χ0v) is 50.6. The molecule has 2 fully saturated rings. The maximum atomic E-state index is 15.1. The molecule has 0 saturated carbocycles. The standard InChI is InChI=1S/C62H77F3N10O12/c1-35-28-72(44(31-73(35)59(82)83)30-71-22-23-86-33-36(71)2)32-51(77)75-34-62(8,46-21-16-40(25-49(46)75)24-39-14-18-42(63)19-15-39)58(81)66-27-50(76)67-43-20-17-41-29-74(54(45(41)26-43)56(79)69-53-47(64)12-11-13-48(53)65)57(80)52(38(4)85-10)68-55(78)37(3)70(9)60(84)87-61(5,6)7/h11-21,25-26,35-38,44,52,54H,22-24,27-34H2,1-10H3,(H,66,81)(H,67,76)(H,68,78)(H,69,79)(H,82,83)/t35-,36-,37+,38-,44+,52+,54+,62-/m1/s1. The van der Waals surface area contributed by atoms with Crippen molar-refractivity contribution in [2.45, 2.75) is 122 Å². The molecule has 8 rings (SSSR count).